The lowest BCUT2D eigenvalue weighted by Gasteiger charge is -2.34. The van der Waals surface area contributed by atoms with E-state index >= 15 is 0 Å². The normalized spacial score (nSPS) is 15.2. The Hall–Kier alpha value is -5.01. The second-order valence-corrected chi connectivity index (χ2v) is 10.2. The number of nitrogens with one attached hydrogen (secondary N) is 3. The molecule has 230 valence electrons. The van der Waals surface area contributed by atoms with Gasteiger partial charge in [0.1, 0.15) is 11.6 Å². The lowest BCUT2D eigenvalue weighted by Crippen LogP contribution is -2.44. The lowest BCUT2D eigenvalue weighted by atomic mass is 10.0. The van der Waals surface area contributed by atoms with Crippen LogP contribution in [-0.4, -0.2) is 80.5 Å². The molecule has 0 spiro atoms. The van der Waals surface area contributed by atoms with Gasteiger partial charge in [0.05, 0.1) is 26.0 Å². The number of piperazine rings is 1. The highest BCUT2D eigenvalue weighted by molar-refractivity contribution is 6.03. The summed E-state index contributed by atoms with van der Waals surface area (Å²) in [6.45, 7) is 8.22. The second-order valence-electron chi connectivity index (χ2n) is 10.2. The molecule has 12 nitrogen and oxygen atoms in total. The summed E-state index contributed by atoms with van der Waals surface area (Å²) in [5.41, 5.74) is 4.60. The van der Waals surface area contributed by atoms with Gasteiger partial charge in [-0.2, -0.15) is 4.98 Å². The molecule has 0 bridgehead atoms. The zero-order valence-electron chi connectivity index (χ0n) is 24.6. The van der Waals surface area contributed by atoms with Gasteiger partial charge in [0, 0.05) is 61.1 Å². The molecule has 0 unspecified atom stereocenters. The number of amides is 1. The first-order valence-electron chi connectivity index (χ1n) is 14.1. The molecule has 3 aromatic rings. The zero-order valence-corrected chi connectivity index (χ0v) is 24.6. The van der Waals surface area contributed by atoms with Gasteiger partial charge in [-0.1, -0.05) is 12.1 Å². The third-order valence-electron chi connectivity index (χ3n) is 7.24. The molecule has 1 fully saturated rings. The molecule has 44 heavy (non-hydrogen) atoms. The molecule has 1 saturated heterocycles. The average Bonchev–Trinajstić information content (AvgIpc) is 3.02. The first-order chi connectivity index (χ1) is 21.3. The molecule has 2 aromatic carbocycles. The molecule has 2 aliphatic heterocycles. The van der Waals surface area contributed by atoms with E-state index in [0.717, 1.165) is 43.0 Å². The number of anilines is 6. The number of methoxy groups -OCH3 is 1. The SMILES string of the molecule is C=C(OC(=O)F)C(=O)Nc1cccc(Nc2nc(Nc3ccc(N4CCN(C)CC4)cc3OC)ncc2C2=CCOCC2)c1. The van der Waals surface area contributed by atoms with Crippen molar-refractivity contribution in [2.75, 3.05) is 74.4 Å². The number of carbonyl (C=O) groups excluding carboxylic acids is 2. The standard InChI is InChI=1S/C31H34FN7O5/c1-20(44-30(32)41)29(40)35-23-6-4-5-22(17-23)34-28-25(21-9-15-43-16-10-21)19-33-31(37-28)36-26-8-7-24(18-27(26)42-3)39-13-11-38(2)12-14-39/h4-9,17-19H,1,10-16H2,2-3H3,(H,35,40)(H2,33,34,36,37). The second kappa shape index (κ2) is 14.0. The maximum atomic E-state index is 12.5. The molecule has 2 aliphatic rings. The summed E-state index contributed by atoms with van der Waals surface area (Å²) in [4.78, 5) is 36.8. The minimum absolute atomic E-state index is 0.350. The van der Waals surface area contributed by atoms with Crippen molar-refractivity contribution in [2.45, 2.75) is 6.42 Å². The Kier molecular flexibility index (Phi) is 9.67. The Morgan fingerprint density at radius 2 is 1.86 bits per heavy atom. The molecule has 1 aromatic heterocycles. The van der Waals surface area contributed by atoms with Crippen LogP contribution in [0.5, 0.6) is 5.75 Å². The van der Waals surface area contributed by atoms with Crippen molar-refractivity contribution in [3.8, 4) is 5.75 Å². The van der Waals surface area contributed by atoms with Crippen LogP contribution in [0.25, 0.3) is 5.57 Å². The molecular formula is C31H34FN7O5. The topological polar surface area (TPSA) is 130 Å². The number of nitrogens with zero attached hydrogens (tertiary/aromatic N) is 4. The lowest BCUT2D eigenvalue weighted by molar-refractivity contribution is -0.115. The molecular weight excluding hydrogens is 569 g/mol. The van der Waals surface area contributed by atoms with Crippen LogP contribution in [0.1, 0.15) is 12.0 Å². The molecule has 0 radical (unpaired) electrons. The van der Waals surface area contributed by atoms with Crippen molar-refractivity contribution in [3.63, 3.8) is 0 Å². The van der Waals surface area contributed by atoms with Gasteiger partial charge < -0.3 is 40.0 Å². The molecule has 3 N–H and O–H groups in total. The van der Waals surface area contributed by atoms with E-state index in [1.165, 1.54) is 0 Å². The maximum Gasteiger partial charge on any atom is 0.501 e. The van der Waals surface area contributed by atoms with E-state index in [-0.39, 0.29) is 0 Å². The Labute approximate surface area is 254 Å². The molecule has 0 saturated carbocycles. The summed E-state index contributed by atoms with van der Waals surface area (Å²) in [5, 5.41) is 9.13. The van der Waals surface area contributed by atoms with Crippen molar-refractivity contribution < 1.29 is 28.2 Å². The van der Waals surface area contributed by atoms with Crippen LogP contribution in [0.3, 0.4) is 0 Å². The van der Waals surface area contributed by atoms with Gasteiger partial charge in [0.25, 0.3) is 5.91 Å². The Morgan fingerprint density at radius 1 is 1.07 bits per heavy atom. The van der Waals surface area contributed by atoms with Crippen LogP contribution < -0.4 is 25.6 Å². The number of rotatable bonds is 10. The van der Waals surface area contributed by atoms with E-state index in [0.29, 0.717) is 54.2 Å². The van der Waals surface area contributed by atoms with Crippen molar-refractivity contribution in [3.05, 3.63) is 72.6 Å². The first kappa shape index (κ1) is 30.4. The highest BCUT2D eigenvalue weighted by Crippen LogP contribution is 2.34. The molecule has 3 heterocycles. The number of halogens is 1. The summed E-state index contributed by atoms with van der Waals surface area (Å²) in [6, 6.07) is 12.8. The van der Waals surface area contributed by atoms with Crippen molar-refractivity contribution in [2.24, 2.45) is 0 Å². The fourth-order valence-corrected chi connectivity index (χ4v) is 4.86. The van der Waals surface area contributed by atoms with Gasteiger partial charge in [-0.25, -0.2) is 9.78 Å². The monoisotopic (exact) mass is 603 g/mol. The van der Waals surface area contributed by atoms with E-state index < -0.39 is 17.9 Å². The van der Waals surface area contributed by atoms with E-state index in [9.17, 15) is 14.0 Å². The summed E-state index contributed by atoms with van der Waals surface area (Å²) in [5.74, 6) is 0.0240. The van der Waals surface area contributed by atoms with Crippen LogP contribution in [0, 0.1) is 0 Å². The maximum absolute atomic E-state index is 12.5. The van der Waals surface area contributed by atoms with E-state index in [1.807, 2.05) is 18.2 Å². The zero-order chi connectivity index (χ0) is 31.1. The van der Waals surface area contributed by atoms with E-state index in [2.05, 4.69) is 55.2 Å². The Bertz CT molecular complexity index is 1570. The fraction of sp³-hybridized carbons (Fsp3) is 0.290. The Morgan fingerprint density at radius 3 is 2.59 bits per heavy atom. The van der Waals surface area contributed by atoms with Gasteiger partial charge in [-0.3, -0.25) is 4.79 Å². The fourth-order valence-electron chi connectivity index (χ4n) is 4.86. The van der Waals surface area contributed by atoms with Crippen LogP contribution in [0.2, 0.25) is 0 Å². The molecule has 1 amide bonds. The molecule has 0 aliphatic carbocycles. The molecule has 0 atom stereocenters. The number of likely N-dealkylation sites (N-methyl/N-ethyl adjacent to an activating group) is 1. The van der Waals surface area contributed by atoms with Gasteiger partial charge in [-0.05, 0) is 56.0 Å². The number of hydrogen-bond acceptors (Lipinski definition) is 11. The summed E-state index contributed by atoms with van der Waals surface area (Å²) in [6.07, 6.45) is 2.32. The summed E-state index contributed by atoms with van der Waals surface area (Å²) < 4.78 is 27.9. The van der Waals surface area contributed by atoms with Gasteiger partial charge in [0.15, 0.2) is 5.76 Å². The molecule has 5 rings (SSSR count). The van der Waals surface area contributed by atoms with Crippen molar-refractivity contribution in [1.29, 1.82) is 0 Å². The highest BCUT2D eigenvalue weighted by Gasteiger charge is 2.19. The number of hydrogen-bond donors (Lipinski definition) is 3. The Balaban J connectivity index is 1.39. The number of aromatic nitrogens is 2. The van der Waals surface area contributed by atoms with Crippen LogP contribution >= 0.6 is 0 Å². The summed E-state index contributed by atoms with van der Waals surface area (Å²) >= 11 is 0. The van der Waals surface area contributed by atoms with E-state index in [4.69, 9.17) is 14.5 Å². The quantitative estimate of drug-likeness (QED) is 0.163. The molecule has 13 heteroatoms. The predicted octanol–water partition coefficient (Wildman–Crippen LogP) is 5.09. The number of benzene rings is 2. The number of carbonyl (C=O) groups is 2. The van der Waals surface area contributed by atoms with Gasteiger partial charge >= 0.3 is 6.22 Å². The van der Waals surface area contributed by atoms with Crippen molar-refractivity contribution >= 4 is 52.2 Å². The number of ether oxygens (including phenoxy) is 3. The first-order valence-corrected chi connectivity index (χ1v) is 14.1. The van der Waals surface area contributed by atoms with E-state index in [1.54, 1.807) is 37.6 Å². The van der Waals surface area contributed by atoms with Crippen LogP contribution in [-0.2, 0) is 14.3 Å². The smallest absolute Gasteiger partial charge is 0.494 e. The average molecular weight is 604 g/mol. The van der Waals surface area contributed by atoms with Gasteiger partial charge in [-0.15, -0.1) is 4.39 Å². The highest BCUT2D eigenvalue weighted by atomic mass is 19.1. The third kappa shape index (κ3) is 7.68. The largest absolute Gasteiger partial charge is 0.501 e. The minimum Gasteiger partial charge on any atom is -0.494 e. The van der Waals surface area contributed by atoms with Crippen molar-refractivity contribution in [1.82, 2.24) is 14.9 Å². The third-order valence-corrected chi connectivity index (χ3v) is 7.24. The van der Waals surface area contributed by atoms with Crippen LogP contribution in [0.15, 0.2) is 67.1 Å². The van der Waals surface area contributed by atoms with Crippen LogP contribution in [0.4, 0.5) is 43.7 Å². The van der Waals surface area contributed by atoms with Gasteiger partial charge in [0.2, 0.25) is 5.95 Å². The predicted molar refractivity (Wildman–Crippen MR) is 167 cm³/mol. The summed E-state index contributed by atoms with van der Waals surface area (Å²) in [7, 11) is 3.76. The minimum atomic E-state index is -2.12.